The summed E-state index contributed by atoms with van der Waals surface area (Å²) in [5, 5.41) is 2.83. The minimum absolute atomic E-state index is 0.175. The van der Waals surface area contributed by atoms with E-state index in [2.05, 4.69) is 5.32 Å². The molecule has 1 N–H and O–H groups in total. The molecule has 0 aliphatic heterocycles. The van der Waals surface area contributed by atoms with Crippen molar-refractivity contribution >= 4 is 17.7 Å². The SMILES string of the molecule is Cc1ccc(/C=C/C(=O)Nc2ccc(OCCOc3ccccc3)cc2)cc1. The minimum Gasteiger partial charge on any atom is -0.490 e. The Morgan fingerprint density at radius 1 is 0.821 bits per heavy atom. The Labute approximate surface area is 165 Å². The van der Waals surface area contributed by atoms with Gasteiger partial charge in [0.25, 0.3) is 0 Å². The largest absolute Gasteiger partial charge is 0.490 e. The zero-order valence-electron chi connectivity index (χ0n) is 15.8. The van der Waals surface area contributed by atoms with Crippen LogP contribution in [-0.2, 0) is 4.79 Å². The highest BCUT2D eigenvalue weighted by Gasteiger charge is 2.00. The lowest BCUT2D eigenvalue weighted by Crippen LogP contribution is -2.09. The number of carbonyl (C=O) groups is 1. The fourth-order valence-electron chi connectivity index (χ4n) is 2.50. The number of hydrogen-bond acceptors (Lipinski definition) is 3. The van der Waals surface area contributed by atoms with E-state index in [-0.39, 0.29) is 5.91 Å². The van der Waals surface area contributed by atoms with Gasteiger partial charge in [-0.2, -0.15) is 0 Å². The number of aryl methyl sites for hydroxylation is 1. The zero-order chi connectivity index (χ0) is 19.6. The van der Waals surface area contributed by atoms with Gasteiger partial charge in [0.2, 0.25) is 5.91 Å². The van der Waals surface area contributed by atoms with Crippen LogP contribution in [0, 0.1) is 6.92 Å². The second-order valence-corrected chi connectivity index (χ2v) is 6.27. The molecule has 0 spiro atoms. The van der Waals surface area contributed by atoms with Gasteiger partial charge in [0.1, 0.15) is 24.7 Å². The highest BCUT2D eigenvalue weighted by atomic mass is 16.5. The molecule has 0 fully saturated rings. The van der Waals surface area contributed by atoms with Crippen molar-refractivity contribution in [3.63, 3.8) is 0 Å². The summed E-state index contributed by atoms with van der Waals surface area (Å²) in [5.41, 5.74) is 2.89. The molecule has 0 saturated heterocycles. The predicted octanol–water partition coefficient (Wildman–Crippen LogP) is 5.10. The molecule has 0 saturated carbocycles. The number of hydrogen-bond donors (Lipinski definition) is 1. The van der Waals surface area contributed by atoms with Crippen LogP contribution >= 0.6 is 0 Å². The average Bonchev–Trinajstić information content (AvgIpc) is 2.73. The average molecular weight is 373 g/mol. The third-order valence-electron chi connectivity index (χ3n) is 3.99. The Morgan fingerprint density at radius 3 is 2.07 bits per heavy atom. The smallest absolute Gasteiger partial charge is 0.248 e. The van der Waals surface area contributed by atoms with Crippen molar-refractivity contribution in [1.29, 1.82) is 0 Å². The summed E-state index contributed by atoms with van der Waals surface area (Å²) in [6.45, 7) is 2.94. The quantitative estimate of drug-likeness (QED) is 0.441. The molecule has 3 aromatic rings. The highest BCUT2D eigenvalue weighted by molar-refractivity contribution is 6.01. The van der Waals surface area contributed by atoms with E-state index < -0.39 is 0 Å². The lowest BCUT2D eigenvalue weighted by Gasteiger charge is -2.09. The first-order valence-corrected chi connectivity index (χ1v) is 9.15. The molecule has 1 amide bonds. The number of carbonyl (C=O) groups excluding carboxylic acids is 1. The number of nitrogens with one attached hydrogen (secondary N) is 1. The minimum atomic E-state index is -0.175. The van der Waals surface area contributed by atoms with Crippen LogP contribution in [0.25, 0.3) is 6.08 Å². The number of rotatable bonds is 8. The van der Waals surface area contributed by atoms with E-state index in [0.717, 1.165) is 17.1 Å². The van der Waals surface area contributed by atoms with Gasteiger partial charge in [0.15, 0.2) is 0 Å². The Kier molecular flexibility index (Phi) is 6.85. The van der Waals surface area contributed by atoms with Gasteiger partial charge >= 0.3 is 0 Å². The van der Waals surface area contributed by atoms with Crippen molar-refractivity contribution in [3.8, 4) is 11.5 Å². The van der Waals surface area contributed by atoms with Crippen LogP contribution in [0.5, 0.6) is 11.5 Å². The van der Waals surface area contributed by atoms with Gasteiger partial charge in [0.05, 0.1) is 0 Å². The molecule has 0 unspecified atom stereocenters. The number of benzene rings is 3. The maximum absolute atomic E-state index is 12.0. The molecule has 0 radical (unpaired) electrons. The van der Waals surface area contributed by atoms with Crippen molar-refractivity contribution < 1.29 is 14.3 Å². The number of anilines is 1. The van der Waals surface area contributed by atoms with Crippen LogP contribution in [0.1, 0.15) is 11.1 Å². The Morgan fingerprint density at radius 2 is 1.43 bits per heavy atom. The van der Waals surface area contributed by atoms with E-state index in [4.69, 9.17) is 9.47 Å². The molecule has 0 atom stereocenters. The molecule has 3 aromatic carbocycles. The summed E-state index contributed by atoms with van der Waals surface area (Å²) >= 11 is 0. The Balaban J connectivity index is 1.42. The predicted molar refractivity (Wildman–Crippen MR) is 113 cm³/mol. The molecule has 0 aliphatic carbocycles. The third-order valence-corrected chi connectivity index (χ3v) is 3.99. The van der Waals surface area contributed by atoms with Crippen molar-refractivity contribution in [3.05, 3.63) is 96.1 Å². The van der Waals surface area contributed by atoms with Gasteiger partial charge in [-0.25, -0.2) is 0 Å². The highest BCUT2D eigenvalue weighted by Crippen LogP contribution is 2.16. The molecular formula is C24H23NO3. The molecular weight excluding hydrogens is 350 g/mol. The van der Waals surface area contributed by atoms with E-state index in [0.29, 0.717) is 18.9 Å². The summed E-state index contributed by atoms with van der Waals surface area (Å²) in [7, 11) is 0. The monoisotopic (exact) mass is 373 g/mol. The van der Waals surface area contributed by atoms with E-state index in [1.807, 2.05) is 85.8 Å². The second kappa shape index (κ2) is 9.97. The zero-order valence-corrected chi connectivity index (χ0v) is 15.8. The molecule has 0 heterocycles. The maximum atomic E-state index is 12.0. The number of amides is 1. The van der Waals surface area contributed by atoms with E-state index >= 15 is 0 Å². The van der Waals surface area contributed by atoms with Gasteiger partial charge < -0.3 is 14.8 Å². The molecule has 0 aliphatic rings. The van der Waals surface area contributed by atoms with Gasteiger partial charge in [-0.15, -0.1) is 0 Å². The number of para-hydroxylation sites is 1. The fourth-order valence-corrected chi connectivity index (χ4v) is 2.50. The van der Waals surface area contributed by atoms with Gasteiger partial charge in [-0.3, -0.25) is 4.79 Å². The molecule has 4 heteroatoms. The van der Waals surface area contributed by atoms with Gasteiger partial charge in [-0.1, -0.05) is 48.0 Å². The molecule has 0 aromatic heterocycles. The van der Waals surface area contributed by atoms with Crippen molar-refractivity contribution in [2.75, 3.05) is 18.5 Å². The summed E-state index contributed by atoms with van der Waals surface area (Å²) in [6.07, 6.45) is 3.31. The van der Waals surface area contributed by atoms with Crippen LogP contribution in [0.2, 0.25) is 0 Å². The van der Waals surface area contributed by atoms with Crippen LogP contribution in [-0.4, -0.2) is 19.1 Å². The Bertz CT molecular complexity index is 901. The van der Waals surface area contributed by atoms with Crippen LogP contribution in [0.3, 0.4) is 0 Å². The molecule has 28 heavy (non-hydrogen) atoms. The number of ether oxygens (including phenoxy) is 2. The normalized spacial score (nSPS) is 10.6. The molecule has 4 nitrogen and oxygen atoms in total. The van der Waals surface area contributed by atoms with E-state index in [1.165, 1.54) is 11.6 Å². The molecule has 0 bridgehead atoms. The first-order valence-electron chi connectivity index (χ1n) is 9.15. The third kappa shape index (κ3) is 6.32. The first kappa shape index (κ1) is 19.2. The summed E-state index contributed by atoms with van der Waals surface area (Å²) in [5.74, 6) is 1.37. The van der Waals surface area contributed by atoms with Crippen LogP contribution in [0.4, 0.5) is 5.69 Å². The lowest BCUT2D eigenvalue weighted by atomic mass is 10.1. The van der Waals surface area contributed by atoms with Crippen LogP contribution in [0.15, 0.2) is 84.9 Å². The van der Waals surface area contributed by atoms with Crippen molar-refractivity contribution in [1.82, 2.24) is 0 Å². The van der Waals surface area contributed by atoms with E-state index in [9.17, 15) is 4.79 Å². The summed E-state index contributed by atoms with van der Waals surface area (Å²) < 4.78 is 11.2. The molecule has 142 valence electrons. The maximum Gasteiger partial charge on any atom is 0.248 e. The Hall–Kier alpha value is -3.53. The first-order chi connectivity index (χ1) is 13.7. The second-order valence-electron chi connectivity index (χ2n) is 6.27. The van der Waals surface area contributed by atoms with E-state index in [1.54, 1.807) is 6.08 Å². The topological polar surface area (TPSA) is 47.6 Å². The standard InChI is InChI=1S/C24H23NO3/c1-19-7-9-20(10-8-19)11-16-24(26)25-21-12-14-23(15-13-21)28-18-17-27-22-5-3-2-4-6-22/h2-16H,17-18H2,1H3,(H,25,26)/b16-11+. The summed E-state index contributed by atoms with van der Waals surface area (Å²) in [6, 6.07) is 24.9. The fraction of sp³-hybridized carbons (Fsp3) is 0.125. The lowest BCUT2D eigenvalue weighted by molar-refractivity contribution is -0.111. The van der Waals surface area contributed by atoms with Crippen molar-refractivity contribution in [2.24, 2.45) is 0 Å². The van der Waals surface area contributed by atoms with Gasteiger partial charge in [-0.05, 0) is 55.0 Å². The van der Waals surface area contributed by atoms with Crippen molar-refractivity contribution in [2.45, 2.75) is 6.92 Å². The van der Waals surface area contributed by atoms with Gasteiger partial charge in [0, 0.05) is 11.8 Å². The summed E-state index contributed by atoms with van der Waals surface area (Å²) in [4.78, 5) is 12.0. The molecule has 3 rings (SSSR count). The van der Waals surface area contributed by atoms with Crippen LogP contribution < -0.4 is 14.8 Å².